The molecule has 0 aliphatic heterocycles. The number of carbonyl (C=O) groups is 1. The third-order valence-corrected chi connectivity index (χ3v) is 4.00. The molecule has 1 aliphatic rings. The number of hydrogen-bond donors (Lipinski definition) is 3. The second kappa shape index (κ2) is 6.57. The Hall–Kier alpha value is -1.55. The molecule has 1 aromatic carbocycles. The zero-order chi connectivity index (χ0) is 13.7. The van der Waals surface area contributed by atoms with E-state index >= 15 is 0 Å². The molecule has 0 spiro atoms. The lowest BCUT2D eigenvalue weighted by molar-refractivity contribution is -0.126. The molecule has 0 saturated heterocycles. The molecule has 1 aliphatic carbocycles. The topological polar surface area (TPSA) is 81.1 Å². The number of hydrogen-bond acceptors (Lipinski definition) is 3. The zero-order valence-corrected chi connectivity index (χ0v) is 11.3. The van der Waals surface area contributed by atoms with Gasteiger partial charge in [0.25, 0.3) is 0 Å². The van der Waals surface area contributed by atoms with Crippen molar-refractivity contribution in [3.63, 3.8) is 0 Å². The van der Waals surface area contributed by atoms with Crippen molar-refractivity contribution in [2.24, 2.45) is 17.6 Å². The van der Waals surface area contributed by atoms with Crippen LogP contribution >= 0.6 is 0 Å². The first-order valence-corrected chi connectivity index (χ1v) is 7.01. The summed E-state index contributed by atoms with van der Waals surface area (Å²) in [5.74, 6) is 0.949. The minimum absolute atomic E-state index is 0.164. The Kier molecular flexibility index (Phi) is 4.80. The van der Waals surface area contributed by atoms with E-state index in [1.807, 2.05) is 24.3 Å². The summed E-state index contributed by atoms with van der Waals surface area (Å²) in [5.41, 5.74) is 13.1. The van der Waals surface area contributed by atoms with Gasteiger partial charge in [0.05, 0.1) is 0 Å². The average Bonchev–Trinajstić information content (AvgIpc) is 2.46. The molecule has 0 bridgehead atoms. The van der Waals surface area contributed by atoms with Crippen LogP contribution in [0.4, 0.5) is 5.69 Å². The number of nitrogen functional groups attached to an aromatic ring is 1. The van der Waals surface area contributed by atoms with Crippen molar-refractivity contribution in [3.8, 4) is 0 Å². The molecule has 5 N–H and O–H groups in total. The maximum Gasteiger partial charge on any atom is 0.223 e. The van der Waals surface area contributed by atoms with Gasteiger partial charge in [-0.25, -0.2) is 0 Å². The molecule has 1 saturated carbocycles. The molecule has 1 fully saturated rings. The fourth-order valence-corrected chi connectivity index (χ4v) is 2.63. The van der Waals surface area contributed by atoms with Crippen LogP contribution in [0.3, 0.4) is 0 Å². The summed E-state index contributed by atoms with van der Waals surface area (Å²) in [7, 11) is 0. The van der Waals surface area contributed by atoms with E-state index in [9.17, 15) is 4.79 Å². The van der Waals surface area contributed by atoms with Crippen molar-refractivity contribution in [1.82, 2.24) is 5.32 Å². The Morgan fingerprint density at radius 1 is 1.16 bits per heavy atom. The standard InChI is InChI=1S/C15H23N3O/c16-9-11-1-5-13(6-2-11)15(19)18-10-12-3-7-14(17)8-4-12/h3-4,7-8,11,13H,1-2,5-6,9-10,16-17H2,(H,18,19). The van der Waals surface area contributed by atoms with Crippen LogP contribution in [-0.2, 0) is 11.3 Å². The fraction of sp³-hybridized carbons (Fsp3) is 0.533. The van der Waals surface area contributed by atoms with Gasteiger partial charge in [0, 0.05) is 18.2 Å². The molecule has 0 heterocycles. The van der Waals surface area contributed by atoms with Crippen LogP contribution in [0.2, 0.25) is 0 Å². The van der Waals surface area contributed by atoms with Crippen molar-refractivity contribution in [2.75, 3.05) is 12.3 Å². The highest BCUT2D eigenvalue weighted by Crippen LogP contribution is 2.28. The summed E-state index contributed by atoms with van der Waals surface area (Å²) in [4.78, 5) is 12.1. The van der Waals surface area contributed by atoms with Gasteiger partial charge in [-0.05, 0) is 55.8 Å². The molecule has 0 aromatic heterocycles. The normalized spacial score (nSPS) is 23.0. The van der Waals surface area contributed by atoms with E-state index in [2.05, 4.69) is 5.32 Å². The molecule has 0 radical (unpaired) electrons. The lowest BCUT2D eigenvalue weighted by Gasteiger charge is -2.26. The van der Waals surface area contributed by atoms with E-state index in [0.717, 1.165) is 43.5 Å². The highest BCUT2D eigenvalue weighted by atomic mass is 16.1. The van der Waals surface area contributed by atoms with Gasteiger partial charge in [-0.3, -0.25) is 4.79 Å². The Bertz CT molecular complexity index is 408. The van der Waals surface area contributed by atoms with Crippen LogP contribution in [0.25, 0.3) is 0 Å². The quantitative estimate of drug-likeness (QED) is 0.721. The Balaban J connectivity index is 1.77. The number of nitrogens with two attached hydrogens (primary N) is 2. The predicted molar refractivity (Wildman–Crippen MR) is 77.2 cm³/mol. The third kappa shape index (κ3) is 3.96. The summed E-state index contributed by atoms with van der Waals surface area (Å²) in [5, 5.41) is 3.01. The van der Waals surface area contributed by atoms with E-state index in [1.54, 1.807) is 0 Å². The molecule has 4 nitrogen and oxygen atoms in total. The molecule has 4 heteroatoms. The molecule has 0 unspecified atom stereocenters. The minimum atomic E-state index is 0.164. The second-order valence-corrected chi connectivity index (χ2v) is 5.41. The van der Waals surface area contributed by atoms with Gasteiger partial charge in [-0.15, -0.1) is 0 Å². The monoisotopic (exact) mass is 261 g/mol. The molecule has 0 atom stereocenters. The Morgan fingerprint density at radius 2 is 1.79 bits per heavy atom. The van der Waals surface area contributed by atoms with E-state index < -0.39 is 0 Å². The predicted octanol–water partition coefficient (Wildman–Crippen LogP) is 1.65. The van der Waals surface area contributed by atoms with Gasteiger partial charge in [0.1, 0.15) is 0 Å². The fourth-order valence-electron chi connectivity index (χ4n) is 2.63. The lowest BCUT2D eigenvalue weighted by atomic mass is 9.81. The van der Waals surface area contributed by atoms with Gasteiger partial charge in [0.15, 0.2) is 0 Å². The number of amides is 1. The minimum Gasteiger partial charge on any atom is -0.399 e. The highest BCUT2D eigenvalue weighted by molar-refractivity contribution is 5.78. The molecule has 2 rings (SSSR count). The van der Waals surface area contributed by atoms with Crippen molar-refractivity contribution in [1.29, 1.82) is 0 Å². The first-order chi connectivity index (χ1) is 9.19. The first kappa shape index (κ1) is 13.9. The molecule has 1 aromatic rings. The maximum absolute atomic E-state index is 12.1. The van der Waals surface area contributed by atoms with Crippen LogP contribution in [0, 0.1) is 11.8 Å². The SMILES string of the molecule is NCC1CCC(C(=O)NCc2ccc(N)cc2)CC1. The van der Waals surface area contributed by atoms with E-state index in [4.69, 9.17) is 11.5 Å². The van der Waals surface area contributed by atoms with Crippen LogP contribution in [-0.4, -0.2) is 12.5 Å². The van der Waals surface area contributed by atoms with Crippen LogP contribution in [0.5, 0.6) is 0 Å². The Morgan fingerprint density at radius 3 is 2.37 bits per heavy atom. The van der Waals surface area contributed by atoms with Crippen molar-refractivity contribution in [3.05, 3.63) is 29.8 Å². The van der Waals surface area contributed by atoms with Gasteiger partial charge >= 0.3 is 0 Å². The highest BCUT2D eigenvalue weighted by Gasteiger charge is 2.25. The third-order valence-electron chi connectivity index (χ3n) is 4.00. The molecule has 104 valence electrons. The molecular weight excluding hydrogens is 238 g/mol. The molecule has 19 heavy (non-hydrogen) atoms. The summed E-state index contributed by atoms with van der Waals surface area (Å²) in [6, 6.07) is 7.60. The van der Waals surface area contributed by atoms with Crippen molar-refractivity contribution < 1.29 is 4.79 Å². The van der Waals surface area contributed by atoms with Crippen molar-refractivity contribution in [2.45, 2.75) is 32.2 Å². The summed E-state index contributed by atoms with van der Waals surface area (Å²) in [6.07, 6.45) is 4.10. The average molecular weight is 261 g/mol. The van der Waals surface area contributed by atoms with Crippen LogP contribution in [0.1, 0.15) is 31.2 Å². The van der Waals surface area contributed by atoms with Crippen molar-refractivity contribution >= 4 is 11.6 Å². The van der Waals surface area contributed by atoms with Crippen LogP contribution < -0.4 is 16.8 Å². The van der Waals surface area contributed by atoms with Gasteiger partial charge in [-0.1, -0.05) is 12.1 Å². The van der Waals surface area contributed by atoms with Gasteiger partial charge in [-0.2, -0.15) is 0 Å². The van der Waals surface area contributed by atoms with Gasteiger partial charge in [0.2, 0.25) is 5.91 Å². The number of nitrogens with one attached hydrogen (secondary N) is 1. The van der Waals surface area contributed by atoms with E-state index in [0.29, 0.717) is 12.5 Å². The summed E-state index contributed by atoms with van der Waals surface area (Å²) >= 11 is 0. The van der Waals surface area contributed by atoms with E-state index in [1.165, 1.54) is 0 Å². The second-order valence-electron chi connectivity index (χ2n) is 5.41. The van der Waals surface area contributed by atoms with E-state index in [-0.39, 0.29) is 11.8 Å². The summed E-state index contributed by atoms with van der Waals surface area (Å²) < 4.78 is 0. The Labute approximate surface area is 114 Å². The molecule has 1 amide bonds. The first-order valence-electron chi connectivity index (χ1n) is 7.01. The number of anilines is 1. The smallest absolute Gasteiger partial charge is 0.223 e. The maximum atomic E-state index is 12.1. The number of rotatable bonds is 4. The van der Waals surface area contributed by atoms with Gasteiger partial charge < -0.3 is 16.8 Å². The lowest BCUT2D eigenvalue weighted by Crippen LogP contribution is -2.33. The molecular formula is C15H23N3O. The largest absolute Gasteiger partial charge is 0.399 e. The van der Waals surface area contributed by atoms with Crippen LogP contribution in [0.15, 0.2) is 24.3 Å². The summed E-state index contributed by atoms with van der Waals surface area (Å²) in [6.45, 7) is 1.33. The number of benzene rings is 1. The zero-order valence-electron chi connectivity index (χ0n) is 11.3. The number of carbonyl (C=O) groups excluding carboxylic acids is 1.